The topological polar surface area (TPSA) is 70.4 Å². The summed E-state index contributed by atoms with van der Waals surface area (Å²) < 4.78 is 30.8. The Labute approximate surface area is 102 Å². The average molecular weight is 258 g/mol. The van der Waals surface area contributed by atoms with Gasteiger partial charge in [-0.1, -0.05) is 0 Å². The fourth-order valence-electron chi connectivity index (χ4n) is 2.17. The van der Waals surface area contributed by atoms with Gasteiger partial charge in [0, 0.05) is 33.0 Å². The first-order valence-corrected chi connectivity index (χ1v) is 7.56. The van der Waals surface area contributed by atoms with Gasteiger partial charge >= 0.3 is 0 Å². The van der Waals surface area contributed by atoms with Crippen LogP contribution in [-0.2, 0) is 14.8 Å². The van der Waals surface area contributed by atoms with Crippen LogP contribution in [0.4, 0.5) is 0 Å². The molecule has 17 heavy (non-hydrogen) atoms. The predicted molar refractivity (Wildman–Crippen MR) is 62.7 cm³/mol. The third-order valence-corrected chi connectivity index (χ3v) is 5.71. The Balaban J connectivity index is 1.96. The van der Waals surface area contributed by atoms with E-state index >= 15 is 0 Å². The van der Waals surface area contributed by atoms with Crippen LogP contribution in [0.5, 0.6) is 0 Å². The van der Waals surface area contributed by atoms with Crippen molar-refractivity contribution in [3.8, 4) is 6.07 Å². The molecule has 0 radical (unpaired) electrons. The van der Waals surface area contributed by atoms with Crippen molar-refractivity contribution in [2.45, 2.75) is 31.3 Å². The van der Waals surface area contributed by atoms with Gasteiger partial charge in [0.1, 0.15) is 0 Å². The molecule has 2 aliphatic rings. The van der Waals surface area contributed by atoms with Crippen LogP contribution in [0.25, 0.3) is 0 Å². The van der Waals surface area contributed by atoms with E-state index in [1.807, 2.05) is 0 Å². The lowest BCUT2D eigenvalue weighted by molar-refractivity contribution is 0.000719. The highest BCUT2D eigenvalue weighted by Crippen LogP contribution is 2.33. The maximum absolute atomic E-state index is 12.0. The summed E-state index contributed by atoms with van der Waals surface area (Å²) in [5.41, 5.74) is -0.786. The molecule has 1 saturated carbocycles. The highest BCUT2D eigenvalue weighted by atomic mass is 32.2. The molecule has 2 fully saturated rings. The second-order valence-electron chi connectivity index (χ2n) is 4.93. The fraction of sp³-hybridized carbons (Fsp3) is 0.909. The van der Waals surface area contributed by atoms with Gasteiger partial charge in [-0.05, 0) is 18.8 Å². The zero-order valence-corrected chi connectivity index (χ0v) is 10.9. The molecule has 2 rings (SSSR count). The molecule has 5 nitrogen and oxygen atoms in total. The Bertz CT molecular complexity index is 414. The minimum Gasteiger partial charge on any atom is -0.363 e. The molecule has 0 amide bonds. The Morgan fingerprint density at radius 3 is 2.41 bits per heavy atom. The van der Waals surface area contributed by atoms with E-state index in [2.05, 4.69) is 6.07 Å². The van der Waals surface area contributed by atoms with E-state index in [1.165, 1.54) is 11.4 Å². The Morgan fingerprint density at radius 2 is 2.00 bits per heavy atom. The quantitative estimate of drug-likeness (QED) is 0.745. The minimum atomic E-state index is -3.12. The van der Waals surface area contributed by atoms with Crippen molar-refractivity contribution >= 4 is 10.0 Å². The lowest BCUT2D eigenvalue weighted by atomic mass is 9.94. The van der Waals surface area contributed by atoms with Crippen molar-refractivity contribution in [1.82, 2.24) is 4.31 Å². The second-order valence-corrected chi connectivity index (χ2v) is 6.94. The molecule has 0 unspecified atom stereocenters. The number of hydrogen-bond acceptors (Lipinski definition) is 4. The summed E-state index contributed by atoms with van der Waals surface area (Å²) in [5.74, 6) is 0.643. The molecule has 0 N–H and O–H groups in total. The monoisotopic (exact) mass is 258 g/mol. The van der Waals surface area contributed by atoms with Crippen molar-refractivity contribution in [2.75, 3.05) is 26.0 Å². The zero-order chi connectivity index (χ0) is 12.5. The molecule has 1 aliphatic carbocycles. The van der Waals surface area contributed by atoms with Crippen LogP contribution in [0.2, 0.25) is 0 Å². The number of methoxy groups -OCH3 is 1. The van der Waals surface area contributed by atoms with E-state index in [0.717, 1.165) is 12.8 Å². The number of sulfonamides is 1. The molecule has 0 bridgehead atoms. The summed E-state index contributed by atoms with van der Waals surface area (Å²) in [6.07, 6.45) is 2.99. The van der Waals surface area contributed by atoms with Crippen LogP contribution in [-0.4, -0.2) is 44.3 Å². The minimum absolute atomic E-state index is 0.277. The Morgan fingerprint density at radius 1 is 1.41 bits per heavy atom. The third kappa shape index (κ3) is 2.79. The SMILES string of the molecule is COC1(C#N)CCN(S(=O)(=O)CC2CC2)CC1. The molecule has 0 aromatic carbocycles. The smallest absolute Gasteiger partial charge is 0.214 e. The summed E-state index contributed by atoms with van der Waals surface area (Å²) in [4.78, 5) is 0. The van der Waals surface area contributed by atoms with Gasteiger partial charge in [-0.15, -0.1) is 0 Å². The van der Waals surface area contributed by atoms with Crippen LogP contribution in [0.15, 0.2) is 0 Å². The molecular weight excluding hydrogens is 240 g/mol. The van der Waals surface area contributed by atoms with Crippen LogP contribution >= 0.6 is 0 Å². The maximum atomic E-state index is 12.0. The van der Waals surface area contributed by atoms with E-state index < -0.39 is 15.6 Å². The van der Waals surface area contributed by atoms with E-state index in [4.69, 9.17) is 10.00 Å². The fourth-order valence-corrected chi connectivity index (χ4v) is 4.05. The van der Waals surface area contributed by atoms with Gasteiger partial charge in [-0.25, -0.2) is 12.7 Å². The van der Waals surface area contributed by atoms with Gasteiger partial charge in [0.15, 0.2) is 5.60 Å². The van der Waals surface area contributed by atoms with Crippen molar-refractivity contribution in [3.05, 3.63) is 0 Å². The van der Waals surface area contributed by atoms with Crippen molar-refractivity contribution in [3.63, 3.8) is 0 Å². The van der Waals surface area contributed by atoms with Gasteiger partial charge in [0.05, 0.1) is 11.8 Å². The van der Waals surface area contributed by atoms with Crippen LogP contribution in [0, 0.1) is 17.2 Å². The predicted octanol–water partition coefficient (Wildman–Crippen LogP) is 0.731. The normalized spacial score (nSPS) is 25.4. The highest BCUT2D eigenvalue weighted by molar-refractivity contribution is 7.89. The molecule has 6 heteroatoms. The first-order chi connectivity index (χ1) is 8.01. The van der Waals surface area contributed by atoms with E-state index in [1.54, 1.807) is 0 Å². The standard InChI is InChI=1S/C11H18N2O3S/c1-16-11(9-12)4-6-13(7-5-11)17(14,15)8-10-2-3-10/h10H,2-8H2,1H3. The highest BCUT2D eigenvalue weighted by Gasteiger charge is 2.40. The number of hydrogen-bond donors (Lipinski definition) is 0. The molecule has 1 saturated heterocycles. The second kappa shape index (κ2) is 4.56. The summed E-state index contributed by atoms with van der Waals surface area (Å²) in [6.45, 7) is 0.799. The average Bonchev–Trinajstić information content (AvgIpc) is 3.12. The van der Waals surface area contributed by atoms with Gasteiger partial charge in [0.25, 0.3) is 0 Å². The van der Waals surface area contributed by atoms with Gasteiger partial charge in [-0.2, -0.15) is 5.26 Å². The summed E-state index contributed by atoms with van der Waals surface area (Å²) >= 11 is 0. The zero-order valence-electron chi connectivity index (χ0n) is 10.1. The van der Waals surface area contributed by atoms with Gasteiger partial charge in [-0.3, -0.25) is 0 Å². The number of rotatable bonds is 4. The number of piperidine rings is 1. The van der Waals surface area contributed by atoms with Crippen LogP contribution in [0.1, 0.15) is 25.7 Å². The lowest BCUT2D eigenvalue weighted by Gasteiger charge is -2.35. The van der Waals surface area contributed by atoms with E-state index in [-0.39, 0.29) is 5.75 Å². The Hall–Kier alpha value is -0.640. The molecule has 1 aliphatic heterocycles. The number of ether oxygens (including phenoxy) is 1. The maximum Gasteiger partial charge on any atom is 0.214 e. The molecule has 0 atom stereocenters. The van der Waals surface area contributed by atoms with Crippen molar-refractivity contribution in [2.24, 2.45) is 5.92 Å². The molecular formula is C11H18N2O3S. The molecule has 1 heterocycles. The van der Waals surface area contributed by atoms with E-state index in [9.17, 15) is 8.42 Å². The first kappa shape index (κ1) is 12.8. The summed E-state index contributed by atoms with van der Waals surface area (Å²) in [6, 6.07) is 2.15. The largest absolute Gasteiger partial charge is 0.363 e. The van der Waals surface area contributed by atoms with Crippen molar-refractivity contribution in [1.29, 1.82) is 5.26 Å². The lowest BCUT2D eigenvalue weighted by Crippen LogP contribution is -2.47. The summed E-state index contributed by atoms with van der Waals surface area (Å²) in [5, 5.41) is 9.04. The molecule has 0 spiro atoms. The molecule has 0 aromatic rings. The Kier molecular flexibility index (Phi) is 3.43. The number of nitrogens with zero attached hydrogens (tertiary/aromatic N) is 2. The van der Waals surface area contributed by atoms with Gasteiger partial charge in [0.2, 0.25) is 10.0 Å². The number of nitriles is 1. The van der Waals surface area contributed by atoms with Crippen molar-refractivity contribution < 1.29 is 13.2 Å². The van der Waals surface area contributed by atoms with E-state index in [0.29, 0.717) is 31.8 Å². The summed E-state index contributed by atoms with van der Waals surface area (Å²) in [7, 11) is -1.61. The molecule has 96 valence electrons. The van der Waals surface area contributed by atoms with Crippen LogP contribution in [0.3, 0.4) is 0 Å². The van der Waals surface area contributed by atoms with Crippen LogP contribution < -0.4 is 0 Å². The molecule has 0 aromatic heterocycles. The third-order valence-electron chi connectivity index (χ3n) is 3.66. The van der Waals surface area contributed by atoms with Gasteiger partial charge < -0.3 is 4.74 Å². The first-order valence-electron chi connectivity index (χ1n) is 5.95.